The second kappa shape index (κ2) is 5.37. The van der Waals surface area contributed by atoms with Crippen LogP contribution in [0.3, 0.4) is 0 Å². The van der Waals surface area contributed by atoms with Gasteiger partial charge in [0.05, 0.1) is 10.5 Å². The van der Waals surface area contributed by atoms with Gasteiger partial charge in [0.1, 0.15) is 0 Å². The molecule has 1 atom stereocenters. The van der Waals surface area contributed by atoms with E-state index in [0.717, 1.165) is 18.2 Å². The van der Waals surface area contributed by atoms with Crippen molar-refractivity contribution in [2.75, 3.05) is 0 Å². The van der Waals surface area contributed by atoms with Crippen LogP contribution < -0.4 is 4.72 Å². The van der Waals surface area contributed by atoms with Gasteiger partial charge in [-0.3, -0.25) is 0 Å². The molecule has 1 rings (SSSR count). The standard InChI is InChI=1S/C13H18F3NO2S/c1-9(12(2,3)4)17-20(18,19)11-7-5-6-10(8-11)13(14,15)16/h5-9,17H,1-4H3/t9-/m1/s1. The quantitative estimate of drug-likeness (QED) is 0.930. The number of hydrogen-bond donors (Lipinski definition) is 1. The Bertz CT molecular complexity index is 574. The lowest BCUT2D eigenvalue weighted by molar-refractivity contribution is -0.137. The molecule has 0 aliphatic carbocycles. The molecule has 0 saturated carbocycles. The van der Waals surface area contributed by atoms with Gasteiger partial charge in [0, 0.05) is 6.04 Å². The molecule has 0 radical (unpaired) electrons. The number of halogens is 3. The van der Waals surface area contributed by atoms with Crippen molar-refractivity contribution in [3.8, 4) is 0 Å². The summed E-state index contributed by atoms with van der Waals surface area (Å²) in [7, 11) is -3.98. The van der Waals surface area contributed by atoms with Crippen LogP contribution in [0.5, 0.6) is 0 Å². The van der Waals surface area contributed by atoms with E-state index in [1.54, 1.807) is 6.92 Å². The molecule has 0 amide bonds. The first-order valence-corrected chi connectivity index (χ1v) is 7.52. The van der Waals surface area contributed by atoms with E-state index < -0.39 is 27.8 Å². The van der Waals surface area contributed by atoms with Crippen LogP contribution >= 0.6 is 0 Å². The summed E-state index contributed by atoms with van der Waals surface area (Å²) < 4.78 is 64.4. The first-order valence-electron chi connectivity index (χ1n) is 6.03. The molecule has 0 aliphatic rings. The largest absolute Gasteiger partial charge is 0.416 e. The van der Waals surface area contributed by atoms with Gasteiger partial charge in [-0.25, -0.2) is 13.1 Å². The average molecular weight is 309 g/mol. The Morgan fingerprint density at radius 2 is 1.70 bits per heavy atom. The fraction of sp³-hybridized carbons (Fsp3) is 0.538. The Kier molecular flexibility index (Phi) is 4.55. The SMILES string of the molecule is C[C@@H](NS(=O)(=O)c1cccc(C(F)(F)F)c1)C(C)(C)C. The van der Waals surface area contributed by atoms with Crippen molar-refractivity contribution in [3.63, 3.8) is 0 Å². The normalized spacial score (nSPS) is 15.2. The van der Waals surface area contributed by atoms with E-state index in [1.807, 2.05) is 20.8 Å². The number of hydrogen-bond acceptors (Lipinski definition) is 2. The second-order valence-electron chi connectivity index (χ2n) is 5.73. The van der Waals surface area contributed by atoms with E-state index in [2.05, 4.69) is 4.72 Å². The third-order valence-electron chi connectivity index (χ3n) is 3.10. The molecule has 0 heterocycles. The second-order valence-corrected chi connectivity index (χ2v) is 7.45. The minimum absolute atomic E-state index is 0.339. The number of alkyl halides is 3. The highest BCUT2D eigenvalue weighted by atomic mass is 32.2. The molecule has 0 fully saturated rings. The summed E-state index contributed by atoms with van der Waals surface area (Å²) in [5.74, 6) is 0. The van der Waals surface area contributed by atoms with E-state index >= 15 is 0 Å². The van der Waals surface area contributed by atoms with Gasteiger partial charge in [0.15, 0.2) is 0 Å². The Balaban J connectivity index is 3.11. The molecule has 7 heteroatoms. The van der Waals surface area contributed by atoms with Crippen molar-refractivity contribution >= 4 is 10.0 Å². The smallest absolute Gasteiger partial charge is 0.208 e. The number of rotatable bonds is 3. The van der Waals surface area contributed by atoms with Gasteiger partial charge in [-0.15, -0.1) is 0 Å². The van der Waals surface area contributed by atoms with Gasteiger partial charge in [0.25, 0.3) is 0 Å². The predicted octanol–water partition coefficient (Wildman–Crippen LogP) is 3.42. The van der Waals surface area contributed by atoms with Crippen molar-refractivity contribution < 1.29 is 21.6 Å². The summed E-state index contributed by atoms with van der Waals surface area (Å²) in [6.07, 6.45) is -4.57. The number of benzene rings is 1. The van der Waals surface area contributed by atoms with Gasteiger partial charge in [-0.05, 0) is 30.5 Å². The van der Waals surface area contributed by atoms with Crippen LogP contribution in [-0.4, -0.2) is 14.5 Å². The zero-order valence-electron chi connectivity index (χ0n) is 11.7. The van der Waals surface area contributed by atoms with Crippen LogP contribution in [0.2, 0.25) is 0 Å². The third-order valence-corrected chi connectivity index (χ3v) is 4.64. The molecule has 1 aromatic carbocycles. The molecule has 0 bridgehead atoms. The summed E-state index contributed by atoms with van der Waals surface area (Å²) in [5.41, 5.74) is -1.32. The molecule has 0 aliphatic heterocycles. The fourth-order valence-corrected chi connectivity index (χ4v) is 2.81. The fourth-order valence-electron chi connectivity index (χ4n) is 1.32. The topological polar surface area (TPSA) is 46.2 Å². The lowest BCUT2D eigenvalue weighted by Crippen LogP contribution is -2.41. The molecule has 20 heavy (non-hydrogen) atoms. The third kappa shape index (κ3) is 4.21. The summed E-state index contributed by atoms with van der Waals surface area (Å²) in [5, 5.41) is 0. The van der Waals surface area contributed by atoms with Crippen LogP contribution in [0, 0.1) is 5.41 Å². The predicted molar refractivity (Wildman–Crippen MR) is 70.7 cm³/mol. The maximum atomic E-state index is 12.6. The monoisotopic (exact) mass is 309 g/mol. The van der Waals surface area contributed by atoms with Gasteiger partial charge < -0.3 is 0 Å². The first-order chi connectivity index (χ1) is 8.84. The maximum Gasteiger partial charge on any atom is 0.416 e. The Labute approximate surface area is 117 Å². The van der Waals surface area contributed by atoms with Crippen LogP contribution in [0.25, 0.3) is 0 Å². The molecule has 1 aromatic rings. The van der Waals surface area contributed by atoms with Crippen molar-refractivity contribution in [1.29, 1.82) is 0 Å². The van der Waals surface area contributed by atoms with Crippen LogP contribution in [-0.2, 0) is 16.2 Å². The van der Waals surface area contributed by atoms with E-state index in [9.17, 15) is 21.6 Å². The van der Waals surface area contributed by atoms with Gasteiger partial charge in [-0.2, -0.15) is 13.2 Å². The lowest BCUT2D eigenvalue weighted by Gasteiger charge is -2.27. The van der Waals surface area contributed by atoms with Crippen molar-refractivity contribution in [3.05, 3.63) is 29.8 Å². The molecular formula is C13H18F3NO2S. The molecule has 0 unspecified atom stereocenters. The van der Waals surface area contributed by atoms with Crippen LogP contribution in [0.4, 0.5) is 13.2 Å². The maximum absolute atomic E-state index is 12.6. The van der Waals surface area contributed by atoms with E-state index in [1.165, 1.54) is 0 Å². The summed E-state index contributed by atoms with van der Waals surface area (Å²) >= 11 is 0. The number of nitrogens with one attached hydrogen (secondary N) is 1. The molecule has 1 N–H and O–H groups in total. The minimum atomic E-state index is -4.57. The highest BCUT2D eigenvalue weighted by Crippen LogP contribution is 2.30. The van der Waals surface area contributed by atoms with E-state index in [0.29, 0.717) is 6.07 Å². The van der Waals surface area contributed by atoms with Crippen molar-refractivity contribution in [2.24, 2.45) is 5.41 Å². The van der Waals surface area contributed by atoms with E-state index in [-0.39, 0.29) is 10.3 Å². The molecule has 3 nitrogen and oxygen atoms in total. The number of sulfonamides is 1. The minimum Gasteiger partial charge on any atom is -0.208 e. The summed E-state index contributed by atoms with van der Waals surface area (Å²) in [6, 6.07) is 3.29. The van der Waals surface area contributed by atoms with Gasteiger partial charge in [-0.1, -0.05) is 26.8 Å². The Hall–Kier alpha value is -1.08. The highest BCUT2D eigenvalue weighted by molar-refractivity contribution is 7.89. The van der Waals surface area contributed by atoms with Crippen molar-refractivity contribution in [2.45, 2.75) is 44.8 Å². The van der Waals surface area contributed by atoms with Crippen LogP contribution in [0.1, 0.15) is 33.3 Å². The average Bonchev–Trinajstić information content (AvgIpc) is 2.26. The first kappa shape index (κ1) is 17.0. The molecule has 0 aromatic heterocycles. The summed E-state index contributed by atoms with van der Waals surface area (Å²) in [4.78, 5) is -0.386. The molecule has 114 valence electrons. The lowest BCUT2D eigenvalue weighted by atomic mass is 9.89. The van der Waals surface area contributed by atoms with Crippen LogP contribution in [0.15, 0.2) is 29.2 Å². The molecular weight excluding hydrogens is 291 g/mol. The van der Waals surface area contributed by atoms with Gasteiger partial charge in [0.2, 0.25) is 10.0 Å². The zero-order valence-corrected chi connectivity index (χ0v) is 12.6. The van der Waals surface area contributed by atoms with Gasteiger partial charge >= 0.3 is 6.18 Å². The molecule has 0 saturated heterocycles. The zero-order chi connectivity index (χ0) is 15.8. The summed E-state index contributed by atoms with van der Waals surface area (Å²) in [6.45, 7) is 7.19. The van der Waals surface area contributed by atoms with Crippen molar-refractivity contribution in [1.82, 2.24) is 4.72 Å². The van der Waals surface area contributed by atoms with E-state index in [4.69, 9.17) is 0 Å². The Morgan fingerprint density at radius 3 is 2.15 bits per heavy atom. The Morgan fingerprint density at radius 1 is 1.15 bits per heavy atom. The molecule has 0 spiro atoms. The highest BCUT2D eigenvalue weighted by Gasteiger charge is 2.32.